The van der Waals surface area contributed by atoms with Gasteiger partial charge in [0.1, 0.15) is 0 Å². The number of aliphatic hydroxyl groups is 1. The van der Waals surface area contributed by atoms with Crippen LogP contribution >= 0.6 is 0 Å². The van der Waals surface area contributed by atoms with Gasteiger partial charge in [-0.1, -0.05) is 0 Å². The molecule has 0 saturated carbocycles. The van der Waals surface area contributed by atoms with Crippen molar-refractivity contribution in [2.45, 2.75) is 20.1 Å². The van der Waals surface area contributed by atoms with E-state index in [0.29, 0.717) is 11.1 Å². The molecule has 0 fully saturated rings. The van der Waals surface area contributed by atoms with Gasteiger partial charge in [0.2, 0.25) is 5.96 Å². The van der Waals surface area contributed by atoms with Crippen molar-refractivity contribution >= 4 is 11.9 Å². The van der Waals surface area contributed by atoms with Crippen molar-refractivity contribution in [3.05, 3.63) is 11.1 Å². The first-order valence-electron chi connectivity index (χ1n) is 3.98. The smallest absolute Gasteiger partial charge is 0.258 e. The normalized spacial score (nSPS) is 23.4. The number of aliphatic hydroxyl groups excluding tert-OH is 1. The van der Waals surface area contributed by atoms with Gasteiger partial charge in [-0.25, -0.2) is 10.7 Å². The van der Waals surface area contributed by atoms with Gasteiger partial charge in [0.05, 0.1) is 0 Å². The fraction of sp³-hybridized carbons (Fsp3) is 0.429. The Morgan fingerprint density at radius 3 is 2.50 bits per heavy atom. The van der Waals surface area contributed by atoms with Gasteiger partial charge in [-0.2, -0.15) is 0 Å². The zero-order valence-corrected chi connectivity index (χ0v) is 7.98. The minimum Gasteiger partial charge on any atom is -0.369 e. The van der Waals surface area contributed by atoms with E-state index in [1.165, 1.54) is 0 Å². The van der Waals surface area contributed by atoms with E-state index in [1.54, 1.807) is 13.8 Å². The number of hydrogen-bond donors (Lipinski definition) is 4. The number of amides is 1. The van der Waals surface area contributed by atoms with Gasteiger partial charge in [-0.15, -0.1) is 5.10 Å². The van der Waals surface area contributed by atoms with Gasteiger partial charge < -0.3 is 10.9 Å². The Morgan fingerprint density at radius 1 is 1.64 bits per heavy atom. The predicted molar refractivity (Wildman–Crippen MR) is 50.2 cm³/mol. The number of carbonyl (C=O) groups excluding carboxylic acids is 1. The van der Waals surface area contributed by atoms with Gasteiger partial charge in [0.25, 0.3) is 5.91 Å². The average molecular weight is 199 g/mol. The van der Waals surface area contributed by atoms with Crippen molar-refractivity contribution in [1.29, 1.82) is 0 Å². The lowest BCUT2D eigenvalue weighted by molar-refractivity contribution is -0.126. The summed E-state index contributed by atoms with van der Waals surface area (Å²) < 4.78 is 0. The number of hydrazine groups is 1. The first-order chi connectivity index (χ1) is 6.54. The van der Waals surface area contributed by atoms with Crippen molar-refractivity contribution in [3.63, 3.8) is 0 Å². The van der Waals surface area contributed by atoms with E-state index in [-0.39, 0.29) is 11.9 Å². The fourth-order valence-corrected chi connectivity index (χ4v) is 1.23. The Bertz CT molecular complexity index is 322. The summed E-state index contributed by atoms with van der Waals surface area (Å²) in [5.41, 5.74) is 3.17. The van der Waals surface area contributed by atoms with Crippen LogP contribution in [0.15, 0.2) is 16.2 Å². The molecule has 1 heterocycles. The predicted octanol–water partition coefficient (Wildman–Crippen LogP) is -1.82. The van der Waals surface area contributed by atoms with Crippen LogP contribution in [0.1, 0.15) is 13.8 Å². The van der Waals surface area contributed by atoms with Crippen molar-refractivity contribution < 1.29 is 9.90 Å². The minimum absolute atomic E-state index is 0.0706. The Kier molecular flexibility index (Phi) is 2.73. The van der Waals surface area contributed by atoms with Crippen LogP contribution in [0, 0.1) is 0 Å². The largest absolute Gasteiger partial charge is 0.369 e. The topological polar surface area (TPSA) is 117 Å². The summed E-state index contributed by atoms with van der Waals surface area (Å²) in [4.78, 5) is 12.6. The van der Waals surface area contributed by atoms with Crippen LogP contribution in [0.4, 0.5) is 0 Å². The highest BCUT2D eigenvalue weighted by Gasteiger charge is 2.36. The van der Waals surface area contributed by atoms with E-state index in [2.05, 4.69) is 10.5 Å². The second-order valence-electron chi connectivity index (χ2n) is 2.95. The van der Waals surface area contributed by atoms with Crippen LogP contribution in [0.5, 0.6) is 0 Å². The van der Waals surface area contributed by atoms with Gasteiger partial charge in [0, 0.05) is 5.57 Å². The zero-order chi connectivity index (χ0) is 10.9. The molecule has 1 rings (SSSR count). The Morgan fingerprint density at radius 2 is 2.21 bits per heavy atom. The molecule has 78 valence electrons. The molecule has 0 radical (unpaired) electrons. The molecular formula is C7H13N5O2. The first kappa shape index (κ1) is 10.5. The molecule has 0 spiro atoms. The molecule has 7 heteroatoms. The van der Waals surface area contributed by atoms with E-state index in [1.807, 2.05) is 0 Å². The second kappa shape index (κ2) is 3.64. The summed E-state index contributed by atoms with van der Waals surface area (Å²) in [6.45, 7) is 3.27. The molecule has 0 aromatic carbocycles. The van der Waals surface area contributed by atoms with Gasteiger partial charge in [-0.3, -0.25) is 10.2 Å². The van der Waals surface area contributed by atoms with Crippen molar-refractivity contribution in [3.8, 4) is 0 Å². The van der Waals surface area contributed by atoms with Crippen molar-refractivity contribution in [2.24, 2.45) is 16.8 Å². The summed E-state index contributed by atoms with van der Waals surface area (Å²) in [5, 5.41) is 12.9. The number of nitrogens with one attached hydrogen (secondary N) is 1. The third-order valence-electron chi connectivity index (χ3n) is 2.24. The minimum atomic E-state index is -1.05. The summed E-state index contributed by atoms with van der Waals surface area (Å²) in [7, 11) is 0. The monoisotopic (exact) mass is 199 g/mol. The van der Waals surface area contributed by atoms with Gasteiger partial charge in [0.15, 0.2) is 6.23 Å². The molecule has 14 heavy (non-hydrogen) atoms. The Hall–Kier alpha value is -1.60. The maximum atomic E-state index is 11.6. The standard InChI is InChI=1S/C7H13N5O2/c1-3-4(2)6(14)12(5(3)13)7(10-8)11-9/h5,13H,8-9H2,1-2H3,(H,10,11). The van der Waals surface area contributed by atoms with Gasteiger partial charge >= 0.3 is 0 Å². The number of rotatable bonds is 0. The highest BCUT2D eigenvalue weighted by atomic mass is 16.3. The van der Waals surface area contributed by atoms with E-state index < -0.39 is 6.23 Å². The quantitative estimate of drug-likeness (QED) is 0.158. The molecule has 1 unspecified atom stereocenters. The molecule has 1 amide bonds. The van der Waals surface area contributed by atoms with Crippen LogP contribution in [0.3, 0.4) is 0 Å². The summed E-state index contributed by atoms with van der Waals surface area (Å²) in [6.07, 6.45) is -1.05. The lowest BCUT2D eigenvalue weighted by Crippen LogP contribution is -2.50. The number of nitrogens with two attached hydrogens (primary N) is 2. The number of hydrogen-bond acceptors (Lipinski definition) is 5. The SMILES string of the molecule is CC1=C(C)C(O)N(/C(=N/N)NN)C1=O. The molecule has 1 aliphatic rings. The maximum Gasteiger partial charge on any atom is 0.258 e. The third-order valence-corrected chi connectivity index (χ3v) is 2.24. The Labute approximate surface area is 81.0 Å². The summed E-state index contributed by atoms with van der Waals surface area (Å²) in [5.74, 6) is 9.66. The fourth-order valence-electron chi connectivity index (χ4n) is 1.23. The molecule has 1 aliphatic heterocycles. The molecular weight excluding hydrogens is 186 g/mol. The number of guanidine groups is 1. The number of nitrogens with zero attached hydrogens (tertiary/aromatic N) is 2. The second-order valence-corrected chi connectivity index (χ2v) is 2.95. The van der Waals surface area contributed by atoms with Gasteiger partial charge in [-0.05, 0) is 19.4 Å². The molecule has 0 saturated heterocycles. The van der Waals surface area contributed by atoms with Crippen LogP contribution < -0.4 is 17.1 Å². The highest BCUT2D eigenvalue weighted by Crippen LogP contribution is 2.23. The highest BCUT2D eigenvalue weighted by molar-refractivity contribution is 6.07. The zero-order valence-electron chi connectivity index (χ0n) is 7.98. The Balaban J connectivity index is 3.03. The van der Waals surface area contributed by atoms with E-state index in [4.69, 9.17) is 11.7 Å². The van der Waals surface area contributed by atoms with Crippen molar-refractivity contribution in [2.75, 3.05) is 0 Å². The summed E-state index contributed by atoms with van der Waals surface area (Å²) in [6, 6.07) is 0. The van der Waals surface area contributed by atoms with E-state index in [0.717, 1.165) is 4.90 Å². The van der Waals surface area contributed by atoms with Crippen LogP contribution in [0.2, 0.25) is 0 Å². The summed E-state index contributed by atoms with van der Waals surface area (Å²) >= 11 is 0. The van der Waals surface area contributed by atoms with Crippen LogP contribution in [-0.4, -0.2) is 28.1 Å². The van der Waals surface area contributed by atoms with E-state index >= 15 is 0 Å². The molecule has 0 aromatic heterocycles. The maximum absolute atomic E-state index is 11.6. The molecule has 1 atom stereocenters. The third kappa shape index (κ3) is 1.32. The first-order valence-corrected chi connectivity index (χ1v) is 3.98. The van der Waals surface area contributed by atoms with Crippen molar-refractivity contribution in [1.82, 2.24) is 10.3 Å². The van der Waals surface area contributed by atoms with Crippen LogP contribution in [0.25, 0.3) is 0 Å². The van der Waals surface area contributed by atoms with E-state index in [9.17, 15) is 9.90 Å². The average Bonchev–Trinajstić information content (AvgIpc) is 2.37. The molecule has 0 aromatic rings. The molecule has 6 N–H and O–H groups in total. The molecule has 0 aliphatic carbocycles. The molecule has 7 nitrogen and oxygen atoms in total. The molecule has 0 bridgehead atoms. The number of carbonyl (C=O) groups is 1. The number of hydrazone groups is 1. The lowest BCUT2D eigenvalue weighted by Gasteiger charge is -2.21. The lowest BCUT2D eigenvalue weighted by atomic mass is 10.2. The van der Waals surface area contributed by atoms with Crippen LogP contribution in [-0.2, 0) is 4.79 Å².